The number of nitrogens with zero attached hydrogens (tertiary/aromatic N) is 1. The quantitative estimate of drug-likeness (QED) is 0.774. The molecule has 0 N–H and O–H groups in total. The van der Waals surface area contributed by atoms with Crippen molar-refractivity contribution in [3.05, 3.63) is 33.8 Å². The van der Waals surface area contributed by atoms with Crippen molar-refractivity contribution in [2.75, 3.05) is 13.1 Å². The van der Waals surface area contributed by atoms with Crippen LogP contribution < -0.4 is 0 Å². The first-order chi connectivity index (χ1) is 8.61. The van der Waals surface area contributed by atoms with Crippen molar-refractivity contribution in [2.45, 2.75) is 12.8 Å². The fraction of sp³-hybridized carbons (Fsp3) is 0.357. The zero-order chi connectivity index (χ0) is 13.1. The standard InChI is InChI=1S/C14H13Cl2NO/c1-2-7-17(9-10-3-4-10)14(18)12-8-11(15)5-6-13(12)16/h1,5-6,8,10H,3-4,7,9H2. The predicted molar refractivity (Wildman–Crippen MR) is 73.9 cm³/mol. The van der Waals surface area contributed by atoms with E-state index in [1.54, 1.807) is 23.1 Å². The molecule has 18 heavy (non-hydrogen) atoms. The van der Waals surface area contributed by atoms with Crippen LogP contribution in [0.2, 0.25) is 10.0 Å². The fourth-order valence-corrected chi connectivity index (χ4v) is 2.14. The number of amides is 1. The molecule has 1 aliphatic carbocycles. The van der Waals surface area contributed by atoms with Gasteiger partial charge < -0.3 is 4.90 Å². The highest BCUT2D eigenvalue weighted by Gasteiger charge is 2.27. The van der Waals surface area contributed by atoms with Gasteiger partial charge in [0.25, 0.3) is 5.91 Å². The smallest absolute Gasteiger partial charge is 0.256 e. The van der Waals surface area contributed by atoms with Gasteiger partial charge in [-0.05, 0) is 37.0 Å². The number of terminal acetylenes is 1. The van der Waals surface area contributed by atoms with E-state index in [4.69, 9.17) is 29.6 Å². The van der Waals surface area contributed by atoms with E-state index in [9.17, 15) is 4.79 Å². The van der Waals surface area contributed by atoms with Crippen LogP contribution >= 0.6 is 23.2 Å². The summed E-state index contributed by atoms with van der Waals surface area (Å²) in [5.74, 6) is 2.95. The molecule has 0 saturated heterocycles. The molecule has 0 radical (unpaired) electrons. The van der Waals surface area contributed by atoms with Crippen molar-refractivity contribution in [1.82, 2.24) is 4.90 Å². The third-order valence-electron chi connectivity index (χ3n) is 2.90. The summed E-state index contributed by atoms with van der Waals surface area (Å²) in [5, 5.41) is 0.900. The lowest BCUT2D eigenvalue weighted by molar-refractivity contribution is 0.0770. The van der Waals surface area contributed by atoms with Crippen LogP contribution in [0.5, 0.6) is 0 Å². The summed E-state index contributed by atoms with van der Waals surface area (Å²) in [6.45, 7) is 1.00. The van der Waals surface area contributed by atoms with E-state index in [-0.39, 0.29) is 5.91 Å². The van der Waals surface area contributed by atoms with Gasteiger partial charge in [0.15, 0.2) is 0 Å². The van der Waals surface area contributed by atoms with Crippen LogP contribution in [0.25, 0.3) is 0 Å². The largest absolute Gasteiger partial charge is 0.327 e. The first-order valence-electron chi connectivity index (χ1n) is 5.79. The molecule has 1 fully saturated rings. The number of halogens is 2. The molecule has 1 aromatic rings. The summed E-state index contributed by atoms with van der Waals surface area (Å²) in [7, 11) is 0. The molecule has 0 bridgehead atoms. The second-order valence-electron chi connectivity index (χ2n) is 4.46. The molecule has 2 nitrogen and oxygen atoms in total. The minimum absolute atomic E-state index is 0.146. The van der Waals surface area contributed by atoms with Crippen molar-refractivity contribution in [1.29, 1.82) is 0 Å². The van der Waals surface area contributed by atoms with Gasteiger partial charge in [-0.2, -0.15) is 0 Å². The van der Waals surface area contributed by atoms with Crippen molar-refractivity contribution in [3.8, 4) is 12.3 Å². The first-order valence-corrected chi connectivity index (χ1v) is 6.55. The second kappa shape index (κ2) is 5.65. The van der Waals surface area contributed by atoms with Crippen molar-refractivity contribution in [3.63, 3.8) is 0 Å². The van der Waals surface area contributed by atoms with Crippen LogP contribution in [0.1, 0.15) is 23.2 Å². The van der Waals surface area contributed by atoms with Crippen molar-refractivity contribution >= 4 is 29.1 Å². The molecule has 2 rings (SSSR count). The van der Waals surface area contributed by atoms with Gasteiger partial charge in [-0.3, -0.25) is 4.79 Å². The van der Waals surface area contributed by atoms with E-state index >= 15 is 0 Å². The molecule has 1 aliphatic rings. The lowest BCUT2D eigenvalue weighted by atomic mass is 10.2. The summed E-state index contributed by atoms with van der Waals surface area (Å²) in [4.78, 5) is 14.0. The minimum Gasteiger partial charge on any atom is -0.327 e. The molecule has 94 valence electrons. The van der Waals surface area contributed by atoms with E-state index in [0.29, 0.717) is 34.6 Å². The molecule has 0 heterocycles. The number of carbonyl (C=O) groups excluding carboxylic acids is 1. The number of carbonyl (C=O) groups is 1. The van der Waals surface area contributed by atoms with Gasteiger partial charge in [-0.15, -0.1) is 6.42 Å². The Hall–Kier alpha value is -1.17. The van der Waals surface area contributed by atoms with Crippen LogP contribution in [0.15, 0.2) is 18.2 Å². The molecule has 1 aromatic carbocycles. The topological polar surface area (TPSA) is 20.3 Å². The van der Waals surface area contributed by atoms with Crippen LogP contribution in [-0.4, -0.2) is 23.9 Å². The zero-order valence-electron chi connectivity index (χ0n) is 9.83. The Labute approximate surface area is 117 Å². The molecular weight excluding hydrogens is 269 g/mol. The Bertz CT molecular complexity index is 503. The summed E-state index contributed by atoms with van der Waals surface area (Å²) in [6, 6.07) is 4.87. The van der Waals surface area contributed by atoms with Gasteiger partial charge in [0.05, 0.1) is 17.1 Å². The number of hydrogen-bond acceptors (Lipinski definition) is 1. The first kappa shape index (κ1) is 13.3. The minimum atomic E-state index is -0.146. The molecule has 1 saturated carbocycles. The summed E-state index contributed by atoms with van der Waals surface area (Å²) >= 11 is 11.9. The van der Waals surface area contributed by atoms with Gasteiger partial charge in [0, 0.05) is 11.6 Å². The fourth-order valence-electron chi connectivity index (χ4n) is 1.77. The van der Waals surface area contributed by atoms with E-state index in [2.05, 4.69) is 5.92 Å². The average molecular weight is 282 g/mol. The Balaban J connectivity index is 2.20. The Morgan fingerprint density at radius 3 is 2.78 bits per heavy atom. The Kier molecular flexibility index (Phi) is 4.16. The van der Waals surface area contributed by atoms with Gasteiger partial charge in [-0.1, -0.05) is 29.1 Å². The van der Waals surface area contributed by atoms with E-state index < -0.39 is 0 Å². The highest BCUT2D eigenvalue weighted by atomic mass is 35.5. The molecular formula is C14H13Cl2NO. The highest BCUT2D eigenvalue weighted by Crippen LogP contribution is 2.30. The molecule has 0 atom stereocenters. The zero-order valence-corrected chi connectivity index (χ0v) is 11.3. The Morgan fingerprint density at radius 1 is 1.44 bits per heavy atom. The monoisotopic (exact) mass is 281 g/mol. The van der Waals surface area contributed by atoms with Crippen LogP contribution in [0.3, 0.4) is 0 Å². The normalized spacial score (nSPS) is 14.1. The number of benzene rings is 1. The lowest BCUT2D eigenvalue weighted by Crippen LogP contribution is -2.33. The van der Waals surface area contributed by atoms with Crippen LogP contribution in [0.4, 0.5) is 0 Å². The van der Waals surface area contributed by atoms with Gasteiger partial charge >= 0.3 is 0 Å². The molecule has 0 spiro atoms. The van der Waals surface area contributed by atoms with Crippen LogP contribution in [-0.2, 0) is 0 Å². The van der Waals surface area contributed by atoms with Crippen LogP contribution in [0, 0.1) is 18.3 Å². The average Bonchev–Trinajstić information content (AvgIpc) is 3.15. The van der Waals surface area contributed by atoms with Crippen molar-refractivity contribution in [2.24, 2.45) is 5.92 Å². The van der Waals surface area contributed by atoms with E-state index in [1.807, 2.05) is 0 Å². The van der Waals surface area contributed by atoms with Gasteiger partial charge in [0.2, 0.25) is 0 Å². The maximum Gasteiger partial charge on any atom is 0.256 e. The third-order valence-corrected chi connectivity index (χ3v) is 3.47. The summed E-state index contributed by atoms with van der Waals surface area (Å²) in [6.07, 6.45) is 7.64. The lowest BCUT2D eigenvalue weighted by Gasteiger charge is -2.20. The number of rotatable bonds is 4. The highest BCUT2D eigenvalue weighted by molar-refractivity contribution is 6.35. The molecule has 0 aromatic heterocycles. The maximum atomic E-state index is 12.4. The third kappa shape index (κ3) is 3.19. The second-order valence-corrected chi connectivity index (χ2v) is 5.30. The van der Waals surface area contributed by atoms with E-state index in [1.165, 1.54) is 0 Å². The van der Waals surface area contributed by atoms with Gasteiger partial charge in [-0.25, -0.2) is 0 Å². The SMILES string of the molecule is C#CCN(CC1CC1)C(=O)c1cc(Cl)ccc1Cl. The molecule has 0 aliphatic heterocycles. The summed E-state index contributed by atoms with van der Waals surface area (Å²) < 4.78 is 0. The van der Waals surface area contributed by atoms with Gasteiger partial charge in [0.1, 0.15) is 0 Å². The molecule has 4 heteroatoms. The van der Waals surface area contributed by atoms with Crippen molar-refractivity contribution < 1.29 is 4.79 Å². The molecule has 1 amide bonds. The molecule has 0 unspecified atom stereocenters. The maximum absolute atomic E-state index is 12.4. The van der Waals surface area contributed by atoms with E-state index in [0.717, 1.165) is 12.8 Å². The number of hydrogen-bond donors (Lipinski definition) is 0. The summed E-state index contributed by atoms with van der Waals surface area (Å²) in [5.41, 5.74) is 0.417. The predicted octanol–water partition coefficient (Wildman–Crippen LogP) is 3.48. The Morgan fingerprint density at radius 2 is 2.17 bits per heavy atom.